The van der Waals surface area contributed by atoms with Crippen LogP contribution in [-0.4, -0.2) is 33.9 Å². The lowest BCUT2D eigenvalue weighted by Crippen LogP contribution is -2.38. The van der Waals surface area contributed by atoms with Crippen LogP contribution in [-0.2, 0) is 0 Å². The van der Waals surface area contributed by atoms with E-state index >= 15 is 0 Å². The average molecular weight is 351 g/mol. The number of amides is 1. The third-order valence-electron chi connectivity index (χ3n) is 5.18. The number of nitrogens with one attached hydrogen (secondary N) is 2. The Morgan fingerprint density at radius 3 is 2.68 bits per heavy atom. The highest BCUT2D eigenvalue weighted by Crippen LogP contribution is 2.35. The van der Waals surface area contributed by atoms with Gasteiger partial charge in [0.05, 0.1) is 5.56 Å². The quantitative estimate of drug-likeness (QED) is 0.665. The minimum atomic E-state index is 0.0379. The molecule has 4 rings (SSSR count). The summed E-state index contributed by atoms with van der Waals surface area (Å²) in [6, 6.07) is 12.1. The number of aryl methyl sites for hydroxylation is 1. The molecule has 1 aliphatic rings. The summed E-state index contributed by atoms with van der Waals surface area (Å²) in [7, 11) is 0. The topological polar surface area (TPSA) is 51.9 Å². The lowest BCUT2D eigenvalue weighted by atomic mass is 9.87. The fourth-order valence-electron chi connectivity index (χ4n) is 3.96. The SMILES string of the molecule is Cc1[nH]c2ccccc2c1C1CCN(C(=O)c2ccc[nH]c2=S)CC1. The van der Waals surface area contributed by atoms with Crippen molar-refractivity contribution >= 4 is 29.0 Å². The van der Waals surface area contributed by atoms with Gasteiger partial charge in [0.2, 0.25) is 0 Å². The second kappa shape index (κ2) is 6.48. The number of pyridine rings is 1. The summed E-state index contributed by atoms with van der Waals surface area (Å²) in [5.41, 5.74) is 4.46. The number of rotatable bonds is 2. The summed E-state index contributed by atoms with van der Waals surface area (Å²) in [6.07, 6.45) is 3.72. The first-order chi connectivity index (χ1) is 12.1. The summed E-state index contributed by atoms with van der Waals surface area (Å²) in [5.74, 6) is 0.529. The van der Waals surface area contributed by atoms with E-state index in [1.165, 1.54) is 22.2 Å². The van der Waals surface area contributed by atoms with Gasteiger partial charge in [-0.05, 0) is 49.4 Å². The molecule has 1 aromatic carbocycles. The van der Waals surface area contributed by atoms with Crippen molar-refractivity contribution in [2.75, 3.05) is 13.1 Å². The number of aromatic nitrogens is 2. The highest BCUT2D eigenvalue weighted by molar-refractivity contribution is 7.71. The molecule has 0 saturated carbocycles. The first-order valence-corrected chi connectivity index (χ1v) is 9.10. The maximum atomic E-state index is 12.7. The lowest BCUT2D eigenvalue weighted by molar-refractivity contribution is 0.0712. The zero-order chi connectivity index (χ0) is 17.4. The van der Waals surface area contributed by atoms with Crippen LogP contribution in [0.2, 0.25) is 0 Å². The molecule has 0 bridgehead atoms. The fourth-order valence-corrected chi connectivity index (χ4v) is 4.18. The van der Waals surface area contributed by atoms with Gasteiger partial charge in [0.15, 0.2) is 0 Å². The maximum absolute atomic E-state index is 12.7. The molecule has 0 aliphatic carbocycles. The molecule has 5 heteroatoms. The summed E-state index contributed by atoms with van der Waals surface area (Å²) < 4.78 is 0.516. The van der Waals surface area contributed by atoms with Crippen LogP contribution in [0.25, 0.3) is 10.9 Å². The molecule has 1 fully saturated rings. The van der Waals surface area contributed by atoms with Gasteiger partial charge in [-0.1, -0.05) is 30.4 Å². The van der Waals surface area contributed by atoms with Gasteiger partial charge in [0.25, 0.3) is 5.91 Å². The van der Waals surface area contributed by atoms with E-state index in [1.807, 2.05) is 11.0 Å². The van der Waals surface area contributed by atoms with Gasteiger partial charge in [-0.15, -0.1) is 0 Å². The predicted molar refractivity (Wildman–Crippen MR) is 103 cm³/mol. The highest BCUT2D eigenvalue weighted by atomic mass is 32.1. The van der Waals surface area contributed by atoms with Crippen LogP contribution in [0.15, 0.2) is 42.6 Å². The number of hydrogen-bond acceptors (Lipinski definition) is 2. The second-order valence-electron chi connectivity index (χ2n) is 6.69. The normalized spacial score (nSPS) is 15.6. The fraction of sp³-hybridized carbons (Fsp3) is 0.300. The first-order valence-electron chi connectivity index (χ1n) is 8.69. The Labute approximate surface area is 151 Å². The van der Waals surface area contributed by atoms with Crippen LogP contribution in [0.1, 0.15) is 40.4 Å². The Balaban J connectivity index is 1.53. The molecule has 1 amide bonds. The number of piperidine rings is 1. The Hall–Kier alpha value is -2.40. The molecular formula is C20H21N3OS. The molecule has 128 valence electrons. The summed E-state index contributed by atoms with van der Waals surface area (Å²) >= 11 is 5.25. The molecule has 1 saturated heterocycles. The van der Waals surface area contributed by atoms with Crippen LogP contribution < -0.4 is 0 Å². The standard InChI is InChI=1S/C20H21N3OS/c1-13-18(15-5-2-3-7-17(15)22-13)14-8-11-23(12-9-14)20(24)16-6-4-10-21-19(16)25/h2-7,10,14,22H,8-9,11-12H2,1H3,(H,21,25). The molecule has 2 N–H and O–H groups in total. The molecule has 1 aliphatic heterocycles. The van der Waals surface area contributed by atoms with E-state index in [2.05, 4.69) is 41.2 Å². The van der Waals surface area contributed by atoms with Gasteiger partial charge in [0.1, 0.15) is 4.64 Å². The van der Waals surface area contributed by atoms with Gasteiger partial charge >= 0.3 is 0 Å². The zero-order valence-corrected chi connectivity index (χ0v) is 15.0. The number of fused-ring (bicyclic) bond motifs is 1. The number of likely N-dealkylation sites (tertiary alicyclic amines) is 1. The van der Waals surface area contributed by atoms with Crippen LogP contribution in [0.5, 0.6) is 0 Å². The lowest BCUT2D eigenvalue weighted by Gasteiger charge is -2.32. The van der Waals surface area contributed by atoms with Crippen LogP contribution >= 0.6 is 12.2 Å². The molecule has 4 nitrogen and oxygen atoms in total. The zero-order valence-electron chi connectivity index (χ0n) is 14.2. The van der Waals surface area contributed by atoms with Gasteiger partial charge in [0, 0.05) is 35.9 Å². The van der Waals surface area contributed by atoms with Crippen molar-refractivity contribution in [3.8, 4) is 0 Å². The van der Waals surface area contributed by atoms with Crippen LogP contribution in [0.3, 0.4) is 0 Å². The predicted octanol–water partition coefficient (Wildman–Crippen LogP) is 4.55. The van der Waals surface area contributed by atoms with Gasteiger partial charge < -0.3 is 14.9 Å². The van der Waals surface area contributed by atoms with Crippen molar-refractivity contribution in [1.29, 1.82) is 0 Å². The van der Waals surface area contributed by atoms with E-state index in [9.17, 15) is 4.79 Å². The van der Waals surface area contributed by atoms with Crippen molar-refractivity contribution in [2.45, 2.75) is 25.7 Å². The molecule has 3 aromatic rings. The van der Waals surface area contributed by atoms with Crippen molar-refractivity contribution in [2.24, 2.45) is 0 Å². The average Bonchev–Trinajstić information content (AvgIpc) is 2.97. The second-order valence-corrected chi connectivity index (χ2v) is 7.10. The van der Waals surface area contributed by atoms with Gasteiger partial charge in [-0.3, -0.25) is 4.79 Å². The number of hydrogen-bond donors (Lipinski definition) is 2. The Morgan fingerprint density at radius 1 is 1.16 bits per heavy atom. The third-order valence-corrected chi connectivity index (χ3v) is 5.52. The van der Waals surface area contributed by atoms with Crippen LogP contribution in [0, 0.1) is 11.6 Å². The number of para-hydroxylation sites is 1. The first kappa shape index (κ1) is 16.1. The third kappa shape index (κ3) is 2.89. The number of carbonyl (C=O) groups is 1. The van der Waals surface area contributed by atoms with E-state index in [1.54, 1.807) is 12.3 Å². The Morgan fingerprint density at radius 2 is 1.92 bits per heavy atom. The van der Waals surface area contributed by atoms with E-state index in [0.29, 0.717) is 16.1 Å². The number of carbonyl (C=O) groups excluding carboxylic acids is 1. The molecule has 0 radical (unpaired) electrons. The van der Waals surface area contributed by atoms with Crippen LogP contribution in [0.4, 0.5) is 0 Å². The minimum absolute atomic E-state index is 0.0379. The van der Waals surface area contributed by atoms with Crippen molar-refractivity contribution < 1.29 is 4.79 Å². The van der Waals surface area contributed by atoms with E-state index in [0.717, 1.165) is 25.9 Å². The molecular weight excluding hydrogens is 330 g/mol. The molecule has 2 aromatic heterocycles. The van der Waals surface area contributed by atoms with E-state index < -0.39 is 0 Å². The molecule has 25 heavy (non-hydrogen) atoms. The number of nitrogens with zero attached hydrogens (tertiary/aromatic N) is 1. The van der Waals surface area contributed by atoms with Crippen molar-refractivity contribution in [3.05, 3.63) is 64.1 Å². The minimum Gasteiger partial charge on any atom is -0.358 e. The number of aromatic amines is 2. The van der Waals surface area contributed by atoms with E-state index in [4.69, 9.17) is 12.2 Å². The Kier molecular flexibility index (Phi) is 4.17. The van der Waals surface area contributed by atoms with Crippen molar-refractivity contribution in [1.82, 2.24) is 14.9 Å². The largest absolute Gasteiger partial charge is 0.358 e. The number of benzene rings is 1. The van der Waals surface area contributed by atoms with Gasteiger partial charge in [-0.25, -0.2) is 0 Å². The monoisotopic (exact) mass is 351 g/mol. The highest BCUT2D eigenvalue weighted by Gasteiger charge is 2.27. The molecule has 0 atom stereocenters. The molecule has 3 heterocycles. The molecule has 0 spiro atoms. The number of H-pyrrole nitrogens is 2. The summed E-state index contributed by atoms with van der Waals surface area (Å²) in [6.45, 7) is 3.69. The maximum Gasteiger partial charge on any atom is 0.256 e. The van der Waals surface area contributed by atoms with Crippen molar-refractivity contribution in [3.63, 3.8) is 0 Å². The smallest absolute Gasteiger partial charge is 0.256 e. The van der Waals surface area contributed by atoms with E-state index in [-0.39, 0.29) is 5.91 Å². The summed E-state index contributed by atoms with van der Waals surface area (Å²) in [5, 5.41) is 1.32. The summed E-state index contributed by atoms with van der Waals surface area (Å²) in [4.78, 5) is 21.1. The Bertz CT molecular complexity index is 980. The molecule has 0 unspecified atom stereocenters. The van der Waals surface area contributed by atoms with Gasteiger partial charge in [-0.2, -0.15) is 0 Å².